The Kier molecular flexibility index (Phi) is 8.55. The molecule has 0 bridgehead atoms. The first kappa shape index (κ1) is 17.0. The van der Waals surface area contributed by atoms with E-state index in [0.717, 1.165) is 6.20 Å². The molecule has 0 amide bonds. The number of aromatic nitrogens is 1. The van der Waals surface area contributed by atoms with Gasteiger partial charge < -0.3 is 15.8 Å². The van der Waals surface area contributed by atoms with E-state index in [9.17, 15) is 4.39 Å². The summed E-state index contributed by atoms with van der Waals surface area (Å²) in [4.78, 5) is 7.96. The van der Waals surface area contributed by atoms with Crippen LogP contribution in [0.5, 0.6) is 0 Å². The minimum absolute atomic E-state index is 0. The zero-order valence-electron chi connectivity index (χ0n) is 10.4. The molecule has 3 N–H and O–H groups in total. The smallest absolute Gasteiger partial charge is 0.189 e. The van der Waals surface area contributed by atoms with Gasteiger partial charge in [0.05, 0.1) is 25.0 Å². The molecule has 0 fully saturated rings. The molecule has 0 saturated heterocycles. The molecule has 1 aromatic rings. The Labute approximate surface area is 123 Å². The molecular weight excluding hydrogens is 350 g/mol. The number of nitrogens with two attached hydrogens (primary N) is 1. The van der Waals surface area contributed by atoms with Crippen LogP contribution < -0.4 is 11.1 Å². The fourth-order valence-electron chi connectivity index (χ4n) is 1.26. The van der Waals surface area contributed by atoms with Crippen LogP contribution in [0, 0.1) is 5.82 Å². The van der Waals surface area contributed by atoms with Crippen molar-refractivity contribution in [2.75, 3.05) is 13.7 Å². The van der Waals surface area contributed by atoms with Crippen LogP contribution in [0.2, 0.25) is 0 Å². The predicted octanol–water partition coefficient (Wildman–Crippen LogP) is 1.28. The highest BCUT2D eigenvalue weighted by Gasteiger charge is 2.01. The van der Waals surface area contributed by atoms with Crippen molar-refractivity contribution in [2.24, 2.45) is 10.7 Å². The Bertz CT molecular complexity index is 372. The van der Waals surface area contributed by atoms with Crippen LogP contribution >= 0.6 is 24.0 Å². The second kappa shape index (κ2) is 9.03. The molecule has 1 rings (SSSR count). The first-order valence-corrected chi connectivity index (χ1v) is 5.27. The summed E-state index contributed by atoms with van der Waals surface area (Å²) in [5, 5.41) is 2.96. The summed E-state index contributed by atoms with van der Waals surface area (Å²) in [6, 6.07) is 3.00. The Balaban J connectivity index is 0.00000289. The molecule has 0 aliphatic rings. The maximum absolute atomic E-state index is 12.6. The molecular formula is C11H18FIN4O. The van der Waals surface area contributed by atoms with Crippen molar-refractivity contribution in [3.8, 4) is 0 Å². The van der Waals surface area contributed by atoms with Gasteiger partial charge in [0.1, 0.15) is 5.82 Å². The number of aliphatic imine (C=N–C) groups is 1. The third kappa shape index (κ3) is 6.70. The van der Waals surface area contributed by atoms with Gasteiger partial charge in [0.25, 0.3) is 0 Å². The molecule has 1 aromatic heterocycles. The number of pyridine rings is 1. The molecule has 5 nitrogen and oxygen atoms in total. The monoisotopic (exact) mass is 368 g/mol. The van der Waals surface area contributed by atoms with Crippen LogP contribution in [-0.4, -0.2) is 30.7 Å². The number of hydrogen-bond donors (Lipinski definition) is 2. The van der Waals surface area contributed by atoms with E-state index in [1.807, 2.05) is 6.92 Å². The van der Waals surface area contributed by atoms with Gasteiger partial charge in [-0.1, -0.05) is 0 Å². The first-order chi connectivity index (χ1) is 8.11. The summed E-state index contributed by atoms with van der Waals surface area (Å²) in [6.07, 6.45) is 1.15. The van der Waals surface area contributed by atoms with Gasteiger partial charge in [0, 0.05) is 13.2 Å². The lowest BCUT2D eigenvalue weighted by Gasteiger charge is -2.12. The van der Waals surface area contributed by atoms with Gasteiger partial charge in [0.15, 0.2) is 5.96 Å². The second-order valence-corrected chi connectivity index (χ2v) is 3.67. The average Bonchev–Trinajstić information content (AvgIpc) is 2.28. The van der Waals surface area contributed by atoms with Gasteiger partial charge in [-0.2, -0.15) is 0 Å². The highest BCUT2D eigenvalue weighted by atomic mass is 127. The van der Waals surface area contributed by atoms with Crippen molar-refractivity contribution in [1.82, 2.24) is 10.3 Å². The SMILES string of the molecule is COCC(C)NC(N)=NCc1ccc(F)cn1.I. The number of nitrogens with one attached hydrogen (secondary N) is 1. The lowest BCUT2D eigenvalue weighted by Crippen LogP contribution is -2.40. The summed E-state index contributed by atoms with van der Waals surface area (Å²) >= 11 is 0. The third-order valence-corrected chi connectivity index (χ3v) is 2.01. The fraction of sp³-hybridized carbons (Fsp3) is 0.455. The van der Waals surface area contributed by atoms with Crippen molar-refractivity contribution >= 4 is 29.9 Å². The highest BCUT2D eigenvalue weighted by molar-refractivity contribution is 14.0. The molecule has 0 spiro atoms. The maximum Gasteiger partial charge on any atom is 0.189 e. The van der Waals surface area contributed by atoms with Crippen molar-refractivity contribution < 1.29 is 9.13 Å². The van der Waals surface area contributed by atoms with Crippen molar-refractivity contribution in [2.45, 2.75) is 19.5 Å². The van der Waals surface area contributed by atoms with E-state index in [1.165, 1.54) is 6.07 Å². The number of guanidine groups is 1. The minimum atomic E-state index is -0.363. The van der Waals surface area contributed by atoms with Crippen molar-refractivity contribution in [1.29, 1.82) is 0 Å². The largest absolute Gasteiger partial charge is 0.383 e. The summed E-state index contributed by atoms with van der Waals surface area (Å²) in [6.45, 7) is 2.80. The molecule has 1 unspecified atom stereocenters. The average molecular weight is 368 g/mol. The highest BCUT2D eigenvalue weighted by Crippen LogP contribution is 1.99. The summed E-state index contributed by atoms with van der Waals surface area (Å²) in [5.74, 6) is -0.0433. The first-order valence-electron chi connectivity index (χ1n) is 5.27. The zero-order valence-corrected chi connectivity index (χ0v) is 12.7. The van der Waals surface area contributed by atoms with Crippen LogP contribution in [0.3, 0.4) is 0 Å². The summed E-state index contributed by atoms with van der Waals surface area (Å²) < 4.78 is 17.5. The summed E-state index contributed by atoms with van der Waals surface area (Å²) in [5.41, 5.74) is 6.33. The minimum Gasteiger partial charge on any atom is -0.383 e. The van der Waals surface area contributed by atoms with E-state index in [2.05, 4.69) is 15.3 Å². The number of rotatable bonds is 5. The van der Waals surface area contributed by atoms with E-state index >= 15 is 0 Å². The number of halogens is 2. The Morgan fingerprint density at radius 2 is 2.33 bits per heavy atom. The van der Waals surface area contributed by atoms with Crippen molar-refractivity contribution in [3.05, 3.63) is 29.8 Å². The molecule has 18 heavy (non-hydrogen) atoms. The molecule has 0 radical (unpaired) electrons. The Morgan fingerprint density at radius 1 is 1.61 bits per heavy atom. The predicted molar refractivity (Wildman–Crippen MR) is 79.4 cm³/mol. The molecule has 1 atom stereocenters. The Morgan fingerprint density at radius 3 is 2.89 bits per heavy atom. The van der Waals surface area contributed by atoms with Crippen LogP contribution in [0.4, 0.5) is 4.39 Å². The molecule has 0 aliphatic carbocycles. The number of hydrogen-bond acceptors (Lipinski definition) is 3. The van der Waals surface area contributed by atoms with E-state index < -0.39 is 0 Å². The molecule has 7 heteroatoms. The third-order valence-electron chi connectivity index (χ3n) is 2.01. The van der Waals surface area contributed by atoms with Crippen LogP contribution in [0.15, 0.2) is 23.3 Å². The molecule has 1 heterocycles. The van der Waals surface area contributed by atoms with Gasteiger partial charge in [-0.05, 0) is 19.1 Å². The molecule has 0 aliphatic heterocycles. The molecule has 0 saturated carbocycles. The fourth-order valence-corrected chi connectivity index (χ4v) is 1.26. The zero-order chi connectivity index (χ0) is 12.7. The standard InChI is InChI=1S/C11H17FN4O.HI/c1-8(7-17-2)16-11(13)15-6-10-4-3-9(12)5-14-10;/h3-5,8H,6-7H2,1-2H3,(H3,13,15,16);1H. The molecule has 0 aromatic carbocycles. The van der Waals surface area contributed by atoms with Crippen LogP contribution in [0.1, 0.15) is 12.6 Å². The van der Waals surface area contributed by atoms with Gasteiger partial charge in [0.2, 0.25) is 0 Å². The summed E-state index contributed by atoms with van der Waals surface area (Å²) in [7, 11) is 1.62. The van der Waals surface area contributed by atoms with E-state index in [-0.39, 0.29) is 35.8 Å². The van der Waals surface area contributed by atoms with Gasteiger partial charge in [-0.3, -0.25) is 4.98 Å². The van der Waals surface area contributed by atoms with Crippen molar-refractivity contribution in [3.63, 3.8) is 0 Å². The van der Waals surface area contributed by atoms with Gasteiger partial charge in [-0.25, -0.2) is 9.38 Å². The number of nitrogens with zero attached hydrogens (tertiary/aromatic N) is 2. The maximum atomic E-state index is 12.6. The van der Waals surface area contributed by atoms with Gasteiger partial charge >= 0.3 is 0 Å². The van der Waals surface area contributed by atoms with E-state index in [0.29, 0.717) is 24.8 Å². The van der Waals surface area contributed by atoms with Crippen LogP contribution in [-0.2, 0) is 11.3 Å². The number of methoxy groups -OCH3 is 1. The normalized spacial score (nSPS) is 12.7. The van der Waals surface area contributed by atoms with Crippen LogP contribution in [0.25, 0.3) is 0 Å². The lowest BCUT2D eigenvalue weighted by molar-refractivity contribution is 0.179. The van der Waals surface area contributed by atoms with E-state index in [4.69, 9.17) is 10.5 Å². The van der Waals surface area contributed by atoms with E-state index in [1.54, 1.807) is 13.2 Å². The van der Waals surface area contributed by atoms with Gasteiger partial charge in [-0.15, -0.1) is 24.0 Å². The number of ether oxygens (including phenoxy) is 1. The lowest BCUT2D eigenvalue weighted by atomic mass is 10.3. The Hall–Kier alpha value is -0.960. The molecule has 102 valence electrons. The quantitative estimate of drug-likeness (QED) is 0.467. The topological polar surface area (TPSA) is 72.5 Å². The second-order valence-electron chi connectivity index (χ2n) is 3.67.